The maximum atomic E-state index is 3.62. The Kier molecular flexibility index (Phi) is 2.92. The van der Waals surface area contributed by atoms with Crippen molar-refractivity contribution in [3.8, 4) is 0 Å². The molecule has 18 heavy (non-hydrogen) atoms. The summed E-state index contributed by atoms with van der Waals surface area (Å²) in [5.74, 6) is 4.04. The normalized spacial score (nSPS) is 52.5. The van der Waals surface area contributed by atoms with Gasteiger partial charge in [-0.2, -0.15) is 0 Å². The molecule has 2 aliphatic heterocycles. The maximum Gasteiger partial charge on any atom is 0.0264 e. The molecule has 1 N–H and O–H groups in total. The summed E-state index contributed by atoms with van der Waals surface area (Å²) in [6, 6.07) is 1.81. The van der Waals surface area contributed by atoms with Crippen LogP contribution in [-0.2, 0) is 0 Å². The third-order valence-corrected chi connectivity index (χ3v) is 6.47. The number of nitrogens with zero attached hydrogens (tertiary/aromatic N) is 1. The van der Waals surface area contributed by atoms with Crippen LogP contribution in [0.2, 0.25) is 0 Å². The minimum absolute atomic E-state index is 0.885. The van der Waals surface area contributed by atoms with Crippen molar-refractivity contribution >= 4 is 0 Å². The number of hydrogen-bond donors (Lipinski definition) is 1. The minimum atomic E-state index is 0.885. The first kappa shape index (κ1) is 11.7. The van der Waals surface area contributed by atoms with Crippen molar-refractivity contribution in [1.29, 1.82) is 0 Å². The molecule has 0 aromatic rings. The first-order valence-corrected chi connectivity index (χ1v) is 8.29. The SMILES string of the molecule is CC1CC2CCCC(C2)C1N1CCC2CNCC21. The number of likely N-dealkylation sites (tertiary alicyclic amines) is 1. The Balaban J connectivity index is 1.55. The Labute approximate surface area is 111 Å². The molecule has 6 unspecified atom stereocenters. The zero-order chi connectivity index (χ0) is 12.1. The number of rotatable bonds is 1. The first-order valence-electron chi connectivity index (χ1n) is 8.29. The molecule has 2 saturated carbocycles. The lowest BCUT2D eigenvalue weighted by Crippen LogP contribution is -2.52. The van der Waals surface area contributed by atoms with E-state index in [9.17, 15) is 0 Å². The molecule has 0 aromatic heterocycles. The Bertz CT molecular complexity index is 314. The van der Waals surface area contributed by atoms with Gasteiger partial charge in [0.15, 0.2) is 0 Å². The summed E-state index contributed by atoms with van der Waals surface area (Å²) < 4.78 is 0. The van der Waals surface area contributed by atoms with Crippen LogP contribution in [0, 0.1) is 23.7 Å². The van der Waals surface area contributed by atoms with Gasteiger partial charge in [0, 0.05) is 18.6 Å². The zero-order valence-electron chi connectivity index (χ0n) is 11.8. The van der Waals surface area contributed by atoms with Crippen LogP contribution in [0.4, 0.5) is 0 Å². The summed E-state index contributed by atoms with van der Waals surface area (Å²) in [6.07, 6.45) is 9.09. The molecule has 0 amide bonds. The standard InChI is InChI=1S/C16H28N2/c1-11-7-12-3-2-4-13(8-12)16(11)18-6-5-14-9-17-10-15(14)18/h11-17H,2-10H2,1H3. The molecular formula is C16H28N2. The largest absolute Gasteiger partial charge is 0.315 e. The maximum absolute atomic E-state index is 3.62. The molecule has 2 bridgehead atoms. The fraction of sp³-hybridized carbons (Fsp3) is 1.00. The second-order valence-electron chi connectivity index (χ2n) is 7.51. The van der Waals surface area contributed by atoms with Crippen LogP contribution in [0.5, 0.6) is 0 Å². The van der Waals surface area contributed by atoms with E-state index in [1.165, 1.54) is 51.7 Å². The van der Waals surface area contributed by atoms with Crippen molar-refractivity contribution in [2.24, 2.45) is 23.7 Å². The van der Waals surface area contributed by atoms with Crippen molar-refractivity contribution in [1.82, 2.24) is 10.2 Å². The molecule has 102 valence electrons. The van der Waals surface area contributed by atoms with E-state index in [0.29, 0.717) is 0 Å². The van der Waals surface area contributed by atoms with Crippen LogP contribution in [0.1, 0.15) is 45.4 Å². The topological polar surface area (TPSA) is 15.3 Å². The molecule has 2 heterocycles. The lowest BCUT2D eigenvalue weighted by Gasteiger charge is -2.49. The van der Waals surface area contributed by atoms with E-state index < -0.39 is 0 Å². The van der Waals surface area contributed by atoms with Gasteiger partial charge in [0.05, 0.1) is 0 Å². The quantitative estimate of drug-likeness (QED) is 0.767. The summed E-state index contributed by atoms with van der Waals surface area (Å²) in [4.78, 5) is 2.95. The molecule has 2 saturated heterocycles. The Morgan fingerprint density at radius 3 is 2.89 bits per heavy atom. The summed E-state index contributed by atoms with van der Waals surface area (Å²) in [7, 11) is 0. The van der Waals surface area contributed by atoms with E-state index in [0.717, 1.165) is 35.8 Å². The average Bonchev–Trinajstić information content (AvgIpc) is 2.93. The molecule has 2 nitrogen and oxygen atoms in total. The second kappa shape index (κ2) is 4.49. The van der Waals surface area contributed by atoms with E-state index in [-0.39, 0.29) is 0 Å². The first-order chi connectivity index (χ1) is 8.83. The van der Waals surface area contributed by atoms with E-state index in [2.05, 4.69) is 17.1 Å². The fourth-order valence-electron chi connectivity index (χ4n) is 5.84. The molecule has 0 radical (unpaired) electrons. The van der Waals surface area contributed by atoms with Gasteiger partial charge in [-0.05, 0) is 62.4 Å². The highest BCUT2D eigenvalue weighted by Gasteiger charge is 2.47. The van der Waals surface area contributed by atoms with Crippen LogP contribution >= 0.6 is 0 Å². The Morgan fingerprint density at radius 1 is 1.00 bits per heavy atom. The zero-order valence-corrected chi connectivity index (χ0v) is 11.8. The van der Waals surface area contributed by atoms with Crippen LogP contribution < -0.4 is 5.32 Å². The molecular weight excluding hydrogens is 220 g/mol. The second-order valence-corrected chi connectivity index (χ2v) is 7.51. The van der Waals surface area contributed by atoms with E-state index in [1.54, 1.807) is 6.42 Å². The number of hydrogen-bond acceptors (Lipinski definition) is 2. The number of nitrogens with one attached hydrogen (secondary N) is 1. The van der Waals surface area contributed by atoms with Gasteiger partial charge in [0.25, 0.3) is 0 Å². The smallest absolute Gasteiger partial charge is 0.0264 e. The van der Waals surface area contributed by atoms with Crippen molar-refractivity contribution in [3.63, 3.8) is 0 Å². The molecule has 2 heteroatoms. The third kappa shape index (κ3) is 1.76. The van der Waals surface area contributed by atoms with Gasteiger partial charge in [-0.25, -0.2) is 0 Å². The van der Waals surface area contributed by atoms with Crippen molar-refractivity contribution in [2.45, 2.75) is 57.5 Å². The van der Waals surface area contributed by atoms with Crippen molar-refractivity contribution in [3.05, 3.63) is 0 Å². The predicted molar refractivity (Wildman–Crippen MR) is 74.5 cm³/mol. The van der Waals surface area contributed by atoms with Crippen LogP contribution in [-0.4, -0.2) is 36.6 Å². The van der Waals surface area contributed by atoms with Gasteiger partial charge >= 0.3 is 0 Å². The van der Waals surface area contributed by atoms with E-state index >= 15 is 0 Å². The summed E-state index contributed by atoms with van der Waals surface area (Å²) in [6.45, 7) is 6.50. The average molecular weight is 248 g/mol. The number of fused-ring (bicyclic) bond motifs is 3. The van der Waals surface area contributed by atoms with Gasteiger partial charge in [0.1, 0.15) is 0 Å². The highest BCUT2D eigenvalue weighted by atomic mass is 15.3. The predicted octanol–water partition coefficient (Wildman–Crippen LogP) is 2.49. The molecule has 4 aliphatic rings. The molecule has 0 spiro atoms. The van der Waals surface area contributed by atoms with E-state index in [1.807, 2.05) is 0 Å². The minimum Gasteiger partial charge on any atom is -0.315 e. The van der Waals surface area contributed by atoms with Crippen LogP contribution in [0.15, 0.2) is 0 Å². The Morgan fingerprint density at radius 2 is 1.94 bits per heavy atom. The van der Waals surface area contributed by atoms with Crippen LogP contribution in [0.25, 0.3) is 0 Å². The summed E-state index contributed by atoms with van der Waals surface area (Å²) >= 11 is 0. The molecule has 0 aromatic carbocycles. The third-order valence-electron chi connectivity index (χ3n) is 6.47. The highest BCUT2D eigenvalue weighted by Crippen LogP contribution is 2.46. The molecule has 6 atom stereocenters. The van der Waals surface area contributed by atoms with E-state index in [4.69, 9.17) is 0 Å². The summed E-state index contributed by atoms with van der Waals surface area (Å²) in [5, 5.41) is 3.62. The lowest BCUT2D eigenvalue weighted by molar-refractivity contribution is 0.00708. The van der Waals surface area contributed by atoms with Gasteiger partial charge in [0.2, 0.25) is 0 Å². The van der Waals surface area contributed by atoms with Gasteiger partial charge in [-0.3, -0.25) is 4.90 Å². The van der Waals surface area contributed by atoms with Gasteiger partial charge in [-0.1, -0.05) is 19.8 Å². The fourth-order valence-corrected chi connectivity index (χ4v) is 5.84. The Hall–Kier alpha value is -0.0800. The lowest BCUT2D eigenvalue weighted by atomic mass is 9.65. The molecule has 2 aliphatic carbocycles. The van der Waals surface area contributed by atoms with Crippen molar-refractivity contribution in [2.75, 3.05) is 19.6 Å². The molecule has 4 fully saturated rings. The van der Waals surface area contributed by atoms with Gasteiger partial charge < -0.3 is 5.32 Å². The monoisotopic (exact) mass is 248 g/mol. The van der Waals surface area contributed by atoms with Crippen LogP contribution in [0.3, 0.4) is 0 Å². The van der Waals surface area contributed by atoms with Gasteiger partial charge in [-0.15, -0.1) is 0 Å². The van der Waals surface area contributed by atoms with Crippen molar-refractivity contribution < 1.29 is 0 Å². The summed E-state index contributed by atoms with van der Waals surface area (Å²) in [5.41, 5.74) is 0. The highest BCUT2D eigenvalue weighted by molar-refractivity contribution is 5.02. The molecule has 4 rings (SSSR count).